The molecular formula is C14H21NO. The van der Waals surface area contributed by atoms with Gasteiger partial charge in [0.25, 0.3) is 0 Å². The first-order valence-electron chi connectivity index (χ1n) is 6.24. The molecule has 0 bridgehead atoms. The van der Waals surface area contributed by atoms with Crippen LogP contribution in [0.3, 0.4) is 0 Å². The number of rotatable bonds is 2. The van der Waals surface area contributed by atoms with Gasteiger partial charge in [-0.1, -0.05) is 19.1 Å². The third-order valence-corrected chi connectivity index (χ3v) is 3.45. The van der Waals surface area contributed by atoms with Crippen molar-refractivity contribution in [3.63, 3.8) is 0 Å². The predicted molar refractivity (Wildman–Crippen MR) is 66.4 cm³/mol. The number of nitrogens with zero attached hydrogens (tertiary/aromatic N) is 1. The summed E-state index contributed by atoms with van der Waals surface area (Å²) in [4.78, 5) is 2.52. The quantitative estimate of drug-likeness (QED) is 0.826. The molecule has 1 aromatic rings. The van der Waals surface area contributed by atoms with Gasteiger partial charge in [-0.05, 0) is 56.0 Å². The maximum atomic E-state index is 9.23. The van der Waals surface area contributed by atoms with E-state index >= 15 is 0 Å². The molecular weight excluding hydrogens is 198 g/mol. The van der Waals surface area contributed by atoms with Crippen molar-refractivity contribution in [2.24, 2.45) is 5.92 Å². The van der Waals surface area contributed by atoms with Gasteiger partial charge in [0.1, 0.15) is 5.75 Å². The summed E-state index contributed by atoms with van der Waals surface area (Å²) < 4.78 is 0. The Morgan fingerprint density at radius 1 is 1.19 bits per heavy atom. The summed E-state index contributed by atoms with van der Waals surface area (Å²) in [6.07, 6.45) is 4.00. The highest BCUT2D eigenvalue weighted by Crippen LogP contribution is 2.18. The summed E-state index contributed by atoms with van der Waals surface area (Å²) >= 11 is 0. The zero-order chi connectivity index (χ0) is 11.4. The summed E-state index contributed by atoms with van der Waals surface area (Å²) in [6, 6.07) is 7.58. The summed E-state index contributed by atoms with van der Waals surface area (Å²) in [6.45, 7) is 5.80. The van der Waals surface area contributed by atoms with Crippen LogP contribution in [-0.2, 0) is 6.54 Å². The molecule has 1 aliphatic heterocycles. The standard InChI is InChI=1S/C14H21NO/c1-12-3-2-9-15(10-8-12)11-13-4-6-14(16)7-5-13/h4-7,12,16H,2-3,8-11H2,1H3. The van der Waals surface area contributed by atoms with Gasteiger partial charge >= 0.3 is 0 Å². The molecule has 0 aromatic heterocycles. The van der Waals surface area contributed by atoms with E-state index in [1.54, 1.807) is 12.1 Å². The normalized spacial score (nSPS) is 22.9. The highest BCUT2D eigenvalue weighted by atomic mass is 16.3. The second-order valence-corrected chi connectivity index (χ2v) is 4.98. The van der Waals surface area contributed by atoms with Crippen molar-refractivity contribution in [1.82, 2.24) is 4.90 Å². The van der Waals surface area contributed by atoms with Crippen molar-refractivity contribution in [2.75, 3.05) is 13.1 Å². The molecule has 0 aliphatic carbocycles. The number of likely N-dealkylation sites (tertiary alicyclic amines) is 1. The lowest BCUT2D eigenvalue weighted by atomic mass is 10.0. The van der Waals surface area contributed by atoms with E-state index in [0.717, 1.165) is 12.5 Å². The molecule has 1 heterocycles. The number of phenols is 1. The highest BCUT2D eigenvalue weighted by molar-refractivity contribution is 5.25. The fourth-order valence-electron chi connectivity index (χ4n) is 2.34. The minimum atomic E-state index is 0.355. The second-order valence-electron chi connectivity index (χ2n) is 4.98. The number of hydrogen-bond acceptors (Lipinski definition) is 2. The van der Waals surface area contributed by atoms with E-state index in [1.165, 1.54) is 37.9 Å². The van der Waals surface area contributed by atoms with Crippen molar-refractivity contribution >= 4 is 0 Å². The van der Waals surface area contributed by atoms with Crippen molar-refractivity contribution < 1.29 is 5.11 Å². The molecule has 0 amide bonds. The van der Waals surface area contributed by atoms with Crippen molar-refractivity contribution in [3.05, 3.63) is 29.8 Å². The maximum Gasteiger partial charge on any atom is 0.115 e. The monoisotopic (exact) mass is 219 g/mol. The molecule has 0 radical (unpaired) electrons. The van der Waals surface area contributed by atoms with Gasteiger partial charge in [0.2, 0.25) is 0 Å². The van der Waals surface area contributed by atoms with Gasteiger partial charge in [0.15, 0.2) is 0 Å². The van der Waals surface area contributed by atoms with Gasteiger partial charge < -0.3 is 5.11 Å². The summed E-state index contributed by atoms with van der Waals surface area (Å²) in [7, 11) is 0. The molecule has 1 fully saturated rings. The third-order valence-electron chi connectivity index (χ3n) is 3.45. The average Bonchev–Trinajstić information content (AvgIpc) is 2.47. The molecule has 1 atom stereocenters. The van der Waals surface area contributed by atoms with Gasteiger partial charge in [-0.25, -0.2) is 0 Å². The van der Waals surface area contributed by atoms with E-state index in [0.29, 0.717) is 5.75 Å². The Balaban J connectivity index is 1.91. The Hall–Kier alpha value is -1.02. The lowest BCUT2D eigenvalue weighted by Crippen LogP contribution is -2.24. The number of phenolic OH excluding ortho intramolecular Hbond substituents is 1. The lowest BCUT2D eigenvalue weighted by Gasteiger charge is -2.19. The zero-order valence-corrected chi connectivity index (χ0v) is 10.0. The van der Waals surface area contributed by atoms with Crippen molar-refractivity contribution in [3.8, 4) is 5.75 Å². The van der Waals surface area contributed by atoms with E-state index < -0.39 is 0 Å². The van der Waals surface area contributed by atoms with E-state index in [9.17, 15) is 5.11 Å². The highest BCUT2D eigenvalue weighted by Gasteiger charge is 2.13. The molecule has 2 heteroatoms. The number of hydrogen-bond donors (Lipinski definition) is 1. The first-order valence-corrected chi connectivity index (χ1v) is 6.24. The van der Waals surface area contributed by atoms with Crippen LogP contribution in [-0.4, -0.2) is 23.1 Å². The smallest absolute Gasteiger partial charge is 0.115 e. The molecule has 1 aromatic carbocycles. The average molecular weight is 219 g/mol. The van der Waals surface area contributed by atoms with Crippen LogP contribution >= 0.6 is 0 Å². The van der Waals surface area contributed by atoms with Crippen LogP contribution in [0, 0.1) is 5.92 Å². The molecule has 1 N–H and O–H groups in total. The summed E-state index contributed by atoms with van der Waals surface area (Å²) in [5.41, 5.74) is 1.30. The first kappa shape index (κ1) is 11.5. The molecule has 88 valence electrons. The minimum Gasteiger partial charge on any atom is -0.508 e. The zero-order valence-electron chi connectivity index (χ0n) is 10.0. The fourth-order valence-corrected chi connectivity index (χ4v) is 2.34. The Morgan fingerprint density at radius 2 is 1.94 bits per heavy atom. The molecule has 2 nitrogen and oxygen atoms in total. The molecule has 16 heavy (non-hydrogen) atoms. The van der Waals surface area contributed by atoms with Crippen molar-refractivity contribution in [1.29, 1.82) is 0 Å². The Morgan fingerprint density at radius 3 is 2.69 bits per heavy atom. The predicted octanol–water partition coefficient (Wildman–Crippen LogP) is 3.01. The lowest BCUT2D eigenvalue weighted by molar-refractivity contribution is 0.273. The van der Waals surface area contributed by atoms with Crippen molar-refractivity contribution in [2.45, 2.75) is 32.7 Å². The SMILES string of the molecule is CC1CCCN(Cc2ccc(O)cc2)CC1. The van der Waals surface area contributed by atoms with Crippen LogP contribution < -0.4 is 0 Å². The fraction of sp³-hybridized carbons (Fsp3) is 0.571. The molecule has 0 saturated carbocycles. The van der Waals surface area contributed by atoms with Crippen LogP contribution in [0.2, 0.25) is 0 Å². The topological polar surface area (TPSA) is 23.5 Å². The third kappa shape index (κ3) is 3.24. The molecule has 1 unspecified atom stereocenters. The second kappa shape index (κ2) is 5.35. The first-order chi connectivity index (χ1) is 7.74. The largest absolute Gasteiger partial charge is 0.508 e. The number of benzene rings is 1. The Bertz CT molecular complexity index is 320. The van der Waals surface area contributed by atoms with Gasteiger partial charge in [0, 0.05) is 6.54 Å². The van der Waals surface area contributed by atoms with Gasteiger partial charge in [-0.3, -0.25) is 4.90 Å². The molecule has 0 spiro atoms. The van der Waals surface area contributed by atoms with Crippen LogP contribution in [0.15, 0.2) is 24.3 Å². The molecule has 1 aliphatic rings. The van der Waals surface area contributed by atoms with Gasteiger partial charge in [0.05, 0.1) is 0 Å². The van der Waals surface area contributed by atoms with E-state index in [1.807, 2.05) is 12.1 Å². The summed E-state index contributed by atoms with van der Waals surface area (Å²) in [5, 5.41) is 9.23. The van der Waals surface area contributed by atoms with Crippen LogP contribution in [0.1, 0.15) is 31.7 Å². The molecule has 2 rings (SSSR count). The summed E-state index contributed by atoms with van der Waals surface area (Å²) in [5.74, 6) is 1.23. The van der Waals surface area contributed by atoms with E-state index in [2.05, 4.69) is 11.8 Å². The van der Waals surface area contributed by atoms with Gasteiger partial charge in [-0.15, -0.1) is 0 Å². The molecule has 1 saturated heterocycles. The van der Waals surface area contributed by atoms with Crippen LogP contribution in [0.4, 0.5) is 0 Å². The van der Waals surface area contributed by atoms with E-state index in [-0.39, 0.29) is 0 Å². The Labute approximate surface area is 97.9 Å². The number of aromatic hydroxyl groups is 1. The Kier molecular flexibility index (Phi) is 3.83. The minimum absolute atomic E-state index is 0.355. The van der Waals surface area contributed by atoms with Crippen LogP contribution in [0.25, 0.3) is 0 Å². The maximum absolute atomic E-state index is 9.23. The van der Waals surface area contributed by atoms with E-state index in [4.69, 9.17) is 0 Å². The van der Waals surface area contributed by atoms with Gasteiger partial charge in [-0.2, -0.15) is 0 Å². The van der Waals surface area contributed by atoms with Crippen LogP contribution in [0.5, 0.6) is 5.75 Å².